The first-order valence-electron chi connectivity index (χ1n) is 8.57. The molecule has 1 aromatic heterocycles. The van der Waals surface area contributed by atoms with Gasteiger partial charge in [-0.05, 0) is 35.2 Å². The fourth-order valence-corrected chi connectivity index (χ4v) is 3.44. The molecule has 0 aliphatic heterocycles. The van der Waals surface area contributed by atoms with Crippen LogP contribution in [0.15, 0.2) is 60.0 Å². The maximum Gasteiger partial charge on any atom is 0.252 e. The minimum Gasteiger partial charge on any atom is -0.357 e. The molecule has 148 valence electrons. The molecule has 8 heteroatoms. The van der Waals surface area contributed by atoms with Gasteiger partial charge >= 0.3 is 0 Å². The molecule has 0 aliphatic rings. The van der Waals surface area contributed by atoms with Crippen molar-refractivity contribution in [3.05, 3.63) is 93.2 Å². The summed E-state index contributed by atoms with van der Waals surface area (Å²) in [5.74, 6) is -3.84. The molecule has 0 saturated heterocycles. The maximum atomic E-state index is 13.6. The quantitative estimate of drug-likeness (QED) is 0.607. The normalized spacial score (nSPS) is 11.6. The molecule has 0 fully saturated rings. The number of hydrogen-bond donors (Lipinski definition) is 2. The number of amides is 2. The third-order valence-corrected chi connectivity index (χ3v) is 5.09. The monoisotopic (exact) mass is 414 g/mol. The smallest absolute Gasteiger partial charge is 0.252 e. The van der Waals surface area contributed by atoms with Crippen LogP contribution in [-0.2, 0) is 4.79 Å². The number of nitrogens with one attached hydrogen (secondary N) is 2. The molecule has 0 radical (unpaired) electrons. The molecule has 0 saturated carbocycles. The van der Waals surface area contributed by atoms with Crippen molar-refractivity contribution < 1.29 is 23.2 Å². The molecule has 0 bridgehead atoms. The summed E-state index contributed by atoms with van der Waals surface area (Å²) in [5.41, 5.74) is 0.314. The summed E-state index contributed by atoms with van der Waals surface area (Å²) in [6, 6.07) is 11.2. The van der Waals surface area contributed by atoms with Crippen LogP contribution in [0.4, 0.5) is 8.78 Å². The summed E-state index contributed by atoms with van der Waals surface area (Å²) in [7, 11) is 1.36. The van der Waals surface area contributed by atoms with Crippen molar-refractivity contribution in [2.75, 3.05) is 7.05 Å². The summed E-state index contributed by atoms with van der Waals surface area (Å²) in [4.78, 5) is 38.3. The molecule has 0 aliphatic carbocycles. The topological polar surface area (TPSA) is 75.3 Å². The van der Waals surface area contributed by atoms with Crippen LogP contribution in [0.5, 0.6) is 0 Å². The lowest BCUT2D eigenvalue weighted by atomic mass is 10.0. The first kappa shape index (κ1) is 20.3. The van der Waals surface area contributed by atoms with Gasteiger partial charge in [0.1, 0.15) is 6.04 Å². The van der Waals surface area contributed by atoms with Crippen LogP contribution >= 0.6 is 11.3 Å². The third-order valence-electron chi connectivity index (χ3n) is 4.22. The van der Waals surface area contributed by atoms with Gasteiger partial charge in [-0.25, -0.2) is 8.78 Å². The summed E-state index contributed by atoms with van der Waals surface area (Å²) >= 11 is 1.25. The van der Waals surface area contributed by atoms with Crippen molar-refractivity contribution in [2.24, 2.45) is 0 Å². The second kappa shape index (κ2) is 8.74. The Hall–Kier alpha value is -3.39. The standard InChI is InChI=1S/C21H16F2N2O3S/c1-24-21(28)18(12-8-9-15(22)16(23)11-12)25-20(27)14-6-3-2-5-13(14)19(26)17-7-4-10-29-17/h2-11,18H,1H3,(H,24,28)(H,25,27). The average molecular weight is 414 g/mol. The Morgan fingerprint density at radius 1 is 0.931 bits per heavy atom. The predicted octanol–water partition coefficient (Wildman–Crippen LogP) is 3.47. The fraction of sp³-hybridized carbons (Fsp3) is 0.0952. The summed E-state index contributed by atoms with van der Waals surface area (Å²) < 4.78 is 26.9. The molecule has 2 N–H and O–H groups in total. The van der Waals surface area contributed by atoms with E-state index >= 15 is 0 Å². The largest absolute Gasteiger partial charge is 0.357 e. The van der Waals surface area contributed by atoms with Crippen LogP contribution in [0.25, 0.3) is 0 Å². The highest BCUT2D eigenvalue weighted by molar-refractivity contribution is 7.12. The Morgan fingerprint density at radius 3 is 2.28 bits per heavy atom. The summed E-state index contributed by atoms with van der Waals surface area (Å²) in [5, 5.41) is 6.63. The zero-order valence-corrected chi connectivity index (χ0v) is 16.1. The van der Waals surface area contributed by atoms with Gasteiger partial charge < -0.3 is 10.6 Å². The molecule has 1 heterocycles. The van der Waals surface area contributed by atoms with E-state index in [2.05, 4.69) is 10.6 Å². The van der Waals surface area contributed by atoms with Crippen molar-refractivity contribution in [3.63, 3.8) is 0 Å². The predicted molar refractivity (Wildman–Crippen MR) is 105 cm³/mol. The van der Waals surface area contributed by atoms with Crippen LogP contribution in [0.1, 0.15) is 37.2 Å². The fourth-order valence-electron chi connectivity index (χ4n) is 2.76. The lowest BCUT2D eigenvalue weighted by Crippen LogP contribution is -2.39. The van der Waals surface area contributed by atoms with Crippen molar-refractivity contribution in [1.82, 2.24) is 10.6 Å². The Labute approximate surface area is 169 Å². The van der Waals surface area contributed by atoms with Crippen molar-refractivity contribution in [3.8, 4) is 0 Å². The number of thiophene rings is 1. The Morgan fingerprint density at radius 2 is 1.66 bits per heavy atom. The van der Waals surface area contributed by atoms with E-state index in [4.69, 9.17) is 0 Å². The average Bonchev–Trinajstić information content (AvgIpc) is 3.27. The number of rotatable bonds is 6. The molecule has 2 aromatic carbocycles. The molecule has 3 rings (SSSR count). The lowest BCUT2D eigenvalue weighted by Gasteiger charge is -2.19. The number of halogens is 2. The molecule has 5 nitrogen and oxygen atoms in total. The highest BCUT2D eigenvalue weighted by atomic mass is 32.1. The van der Waals surface area contributed by atoms with Gasteiger partial charge in [0, 0.05) is 12.6 Å². The van der Waals surface area contributed by atoms with Crippen LogP contribution in [0.2, 0.25) is 0 Å². The van der Waals surface area contributed by atoms with E-state index in [1.54, 1.807) is 29.6 Å². The van der Waals surface area contributed by atoms with Gasteiger partial charge in [-0.2, -0.15) is 0 Å². The Bertz CT molecular complexity index is 1070. The van der Waals surface area contributed by atoms with E-state index < -0.39 is 29.5 Å². The van der Waals surface area contributed by atoms with Crippen molar-refractivity contribution >= 4 is 28.9 Å². The van der Waals surface area contributed by atoms with Gasteiger partial charge in [0.15, 0.2) is 11.6 Å². The van der Waals surface area contributed by atoms with Crippen molar-refractivity contribution in [1.29, 1.82) is 0 Å². The first-order chi connectivity index (χ1) is 13.9. The SMILES string of the molecule is CNC(=O)C(NC(=O)c1ccccc1C(=O)c1cccs1)c1ccc(F)c(F)c1. The maximum absolute atomic E-state index is 13.6. The summed E-state index contributed by atoms with van der Waals surface area (Å²) in [6.45, 7) is 0. The lowest BCUT2D eigenvalue weighted by molar-refractivity contribution is -0.122. The minimum atomic E-state index is -1.27. The molecule has 29 heavy (non-hydrogen) atoms. The van der Waals surface area contributed by atoms with E-state index in [1.165, 1.54) is 36.6 Å². The van der Waals surface area contributed by atoms with Crippen LogP contribution in [0.3, 0.4) is 0 Å². The third kappa shape index (κ3) is 4.38. The molecule has 2 amide bonds. The van der Waals surface area contributed by atoms with E-state index in [1.807, 2.05) is 0 Å². The van der Waals surface area contributed by atoms with Crippen LogP contribution in [-0.4, -0.2) is 24.6 Å². The van der Waals surface area contributed by atoms with Gasteiger partial charge in [0.25, 0.3) is 5.91 Å². The number of carbonyl (C=O) groups is 3. The molecule has 1 atom stereocenters. The van der Waals surface area contributed by atoms with E-state index in [0.29, 0.717) is 4.88 Å². The van der Waals surface area contributed by atoms with Gasteiger partial charge in [0.05, 0.1) is 10.4 Å². The second-order valence-electron chi connectivity index (χ2n) is 6.05. The number of ketones is 1. The second-order valence-corrected chi connectivity index (χ2v) is 6.99. The molecule has 0 spiro atoms. The minimum absolute atomic E-state index is 0.0682. The number of likely N-dealkylation sites (N-methyl/N-ethyl adjacent to an activating group) is 1. The van der Waals surface area contributed by atoms with Gasteiger partial charge in [-0.3, -0.25) is 14.4 Å². The molecule has 3 aromatic rings. The molecular weight excluding hydrogens is 398 g/mol. The van der Waals surface area contributed by atoms with Gasteiger partial charge in [0.2, 0.25) is 11.7 Å². The Kier molecular flexibility index (Phi) is 6.13. The van der Waals surface area contributed by atoms with E-state index in [-0.39, 0.29) is 22.5 Å². The van der Waals surface area contributed by atoms with Gasteiger partial charge in [-0.1, -0.05) is 30.3 Å². The summed E-state index contributed by atoms with van der Waals surface area (Å²) in [6.07, 6.45) is 0. The number of hydrogen-bond acceptors (Lipinski definition) is 4. The van der Waals surface area contributed by atoms with Crippen LogP contribution < -0.4 is 10.6 Å². The highest BCUT2D eigenvalue weighted by Gasteiger charge is 2.26. The first-order valence-corrected chi connectivity index (χ1v) is 9.45. The van der Waals surface area contributed by atoms with Crippen molar-refractivity contribution in [2.45, 2.75) is 6.04 Å². The number of benzene rings is 2. The zero-order valence-electron chi connectivity index (χ0n) is 15.2. The van der Waals surface area contributed by atoms with Gasteiger partial charge in [-0.15, -0.1) is 11.3 Å². The number of carbonyl (C=O) groups excluding carboxylic acids is 3. The van der Waals surface area contributed by atoms with Crippen LogP contribution in [0, 0.1) is 11.6 Å². The zero-order chi connectivity index (χ0) is 21.0. The molecule has 1 unspecified atom stereocenters. The van der Waals surface area contributed by atoms with E-state index in [9.17, 15) is 23.2 Å². The Balaban J connectivity index is 1.94. The molecular formula is C21H16F2N2O3S. The highest BCUT2D eigenvalue weighted by Crippen LogP contribution is 2.21. The van der Waals surface area contributed by atoms with E-state index in [0.717, 1.165) is 12.1 Å².